The topological polar surface area (TPSA) is 57.7 Å². The van der Waals surface area contributed by atoms with Gasteiger partial charge in [-0.05, 0) is 42.2 Å². The summed E-state index contributed by atoms with van der Waals surface area (Å²) in [5.41, 5.74) is 3.56. The Balaban J connectivity index is 1.65. The van der Waals surface area contributed by atoms with Crippen LogP contribution in [0.4, 0.5) is 0 Å². The van der Waals surface area contributed by atoms with E-state index >= 15 is 0 Å². The van der Waals surface area contributed by atoms with Crippen LogP contribution in [0.2, 0.25) is 0 Å². The molecule has 1 heterocycles. The van der Waals surface area contributed by atoms with Crippen molar-refractivity contribution in [3.8, 4) is 0 Å². The first-order valence-electron chi connectivity index (χ1n) is 8.30. The Morgan fingerprint density at radius 3 is 2.60 bits per heavy atom. The lowest BCUT2D eigenvalue weighted by Crippen LogP contribution is -2.30. The summed E-state index contributed by atoms with van der Waals surface area (Å²) in [6, 6.07) is 13.0. The van der Waals surface area contributed by atoms with Crippen molar-refractivity contribution in [3.63, 3.8) is 0 Å². The second kappa shape index (κ2) is 5.55. The molecule has 5 nitrogen and oxygen atoms in total. The van der Waals surface area contributed by atoms with E-state index in [1.165, 1.54) is 18.2 Å². The van der Waals surface area contributed by atoms with Crippen molar-refractivity contribution in [2.45, 2.75) is 18.9 Å². The van der Waals surface area contributed by atoms with Crippen LogP contribution >= 0.6 is 0 Å². The summed E-state index contributed by atoms with van der Waals surface area (Å²) in [5, 5.41) is 0. The highest BCUT2D eigenvalue weighted by Crippen LogP contribution is 2.35. The Hall–Kier alpha value is -2.95. The molecule has 126 valence electrons. The number of fused-ring (bicyclic) bond motifs is 2. The fraction of sp³-hybridized carbons (Fsp3) is 0.250. The Morgan fingerprint density at radius 2 is 1.80 bits per heavy atom. The molecule has 0 saturated carbocycles. The molecule has 2 aromatic rings. The first kappa shape index (κ1) is 15.6. The molecule has 0 fully saturated rings. The zero-order chi connectivity index (χ0) is 17.7. The number of amides is 3. The van der Waals surface area contributed by atoms with Gasteiger partial charge in [0.25, 0.3) is 17.7 Å². The zero-order valence-electron chi connectivity index (χ0n) is 14.2. The Kier molecular flexibility index (Phi) is 3.46. The molecule has 0 saturated heterocycles. The fourth-order valence-electron chi connectivity index (χ4n) is 3.78. The molecule has 5 heteroatoms. The van der Waals surface area contributed by atoms with Crippen molar-refractivity contribution in [1.29, 1.82) is 0 Å². The highest BCUT2D eigenvalue weighted by Gasteiger charge is 2.34. The van der Waals surface area contributed by atoms with Crippen LogP contribution in [0.5, 0.6) is 0 Å². The van der Waals surface area contributed by atoms with Crippen LogP contribution in [-0.4, -0.2) is 41.6 Å². The van der Waals surface area contributed by atoms with Crippen LogP contribution < -0.4 is 0 Å². The van der Waals surface area contributed by atoms with E-state index < -0.39 is 0 Å². The number of imide groups is 1. The summed E-state index contributed by atoms with van der Waals surface area (Å²) in [5.74, 6) is -0.820. The maximum atomic E-state index is 12.9. The molecule has 25 heavy (non-hydrogen) atoms. The highest BCUT2D eigenvalue weighted by atomic mass is 16.2. The monoisotopic (exact) mass is 334 g/mol. The van der Waals surface area contributed by atoms with Gasteiger partial charge in [-0.15, -0.1) is 0 Å². The van der Waals surface area contributed by atoms with Crippen molar-refractivity contribution < 1.29 is 14.4 Å². The number of nitrogens with zero attached hydrogens (tertiary/aromatic N) is 2. The number of rotatable bonds is 2. The highest BCUT2D eigenvalue weighted by molar-refractivity contribution is 6.21. The van der Waals surface area contributed by atoms with Crippen molar-refractivity contribution >= 4 is 17.7 Å². The molecule has 0 bridgehead atoms. The molecule has 3 amide bonds. The van der Waals surface area contributed by atoms with Crippen LogP contribution in [0.25, 0.3) is 0 Å². The number of hydrogen-bond donors (Lipinski definition) is 0. The number of carbonyl (C=O) groups is 3. The van der Waals surface area contributed by atoms with E-state index in [1.54, 1.807) is 30.1 Å². The Bertz CT molecular complexity index is 919. The van der Waals surface area contributed by atoms with Crippen molar-refractivity contribution in [1.82, 2.24) is 9.80 Å². The molecule has 2 aromatic carbocycles. The molecule has 0 unspecified atom stereocenters. The van der Waals surface area contributed by atoms with E-state index in [2.05, 4.69) is 12.1 Å². The van der Waals surface area contributed by atoms with Crippen LogP contribution in [0.1, 0.15) is 54.7 Å². The van der Waals surface area contributed by atoms with E-state index in [4.69, 9.17) is 0 Å². The third-order valence-electron chi connectivity index (χ3n) is 5.23. The molecule has 1 atom stereocenters. The molecule has 0 aromatic heterocycles. The molecule has 2 aliphatic rings. The van der Waals surface area contributed by atoms with Gasteiger partial charge < -0.3 is 4.90 Å². The van der Waals surface area contributed by atoms with Gasteiger partial charge in [0.2, 0.25) is 0 Å². The standard InChI is InChI=1S/C20H18N2O3/c1-21(17-10-8-12-5-3-4-6-14(12)17)18(23)13-7-9-15-16(11-13)20(25)22(2)19(15)24/h3-7,9,11,17H,8,10H2,1-2H3/t17-/m0/s1. The molecule has 0 spiro atoms. The third-order valence-corrected chi connectivity index (χ3v) is 5.23. The van der Waals surface area contributed by atoms with E-state index in [1.807, 2.05) is 12.1 Å². The Morgan fingerprint density at radius 1 is 1.08 bits per heavy atom. The second-order valence-electron chi connectivity index (χ2n) is 6.60. The van der Waals surface area contributed by atoms with E-state index in [-0.39, 0.29) is 23.8 Å². The van der Waals surface area contributed by atoms with Crippen LogP contribution in [0.3, 0.4) is 0 Å². The molecule has 1 aliphatic heterocycles. The summed E-state index contributed by atoms with van der Waals surface area (Å²) < 4.78 is 0. The number of benzene rings is 2. The quantitative estimate of drug-likeness (QED) is 0.794. The second-order valence-corrected chi connectivity index (χ2v) is 6.60. The number of aryl methyl sites for hydroxylation is 1. The predicted molar refractivity (Wildman–Crippen MR) is 92.5 cm³/mol. The lowest BCUT2D eigenvalue weighted by atomic mass is 10.0. The first-order chi connectivity index (χ1) is 12.0. The van der Waals surface area contributed by atoms with Gasteiger partial charge in [0.15, 0.2) is 0 Å². The fourth-order valence-corrected chi connectivity index (χ4v) is 3.78. The van der Waals surface area contributed by atoms with Gasteiger partial charge in [-0.1, -0.05) is 24.3 Å². The third kappa shape index (κ3) is 2.27. The largest absolute Gasteiger partial charge is 0.335 e. The van der Waals surface area contributed by atoms with Gasteiger partial charge in [-0.2, -0.15) is 0 Å². The Labute approximate surface area is 145 Å². The van der Waals surface area contributed by atoms with Crippen molar-refractivity contribution in [2.24, 2.45) is 0 Å². The summed E-state index contributed by atoms with van der Waals surface area (Å²) in [6.07, 6.45) is 1.85. The van der Waals surface area contributed by atoms with Gasteiger partial charge in [-0.3, -0.25) is 19.3 Å². The number of hydrogen-bond acceptors (Lipinski definition) is 3. The maximum Gasteiger partial charge on any atom is 0.261 e. The smallest absolute Gasteiger partial charge is 0.261 e. The average Bonchev–Trinajstić information content (AvgIpc) is 3.16. The lowest BCUT2D eigenvalue weighted by molar-refractivity contribution is 0.0692. The predicted octanol–water partition coefficient (Wildman–Crippen LogP) is 2.67. The molecule has 0 N–H and O–H groups in total. The molecular weight excluding hydrogens is 316 g/mol. The van der Waals surface area contributed by atoms with Crippen LogP contribution in [0, 0.1) is 0 Å². The minimum Gasteiger partial charge on any atom is -0.335 e. The minimum atomic E-state index is -0.358. The normalized spacial score (nSPS) is 18.3. The van der Waals surface area contributed by atoms with Crippen LogP contribution in [-0.2, 0) is 6.42 Å². The number of carbonyl (C=O) groups excluding carboxylic acids is 3. The molecule has 1 aliphatic carbocycles. The van der Waals surface area contributed by atoms with Crippen molar-refractivity contribution in [3.05, 3.63) is 70.3 Å². The zero-order valence-corrected chi connectivity index (χ0v) is 14.2. The summed E-state index contributed by atoms with van der Waals surface area (Å²) in [4.78, 5) is 39.9. The van der Waals surface area contributed by atoms with Gasteiger partial charge in [0.05, 0.1) is 17.2 Å². The molecule has 0 radical (unpaired) electrons. The lowest BCUT2D eigenvalue weighted by Gasteiger charge is -2.25. The van der Waals surface area contributed by atoms with Gasteiger partial charge in [0.1, 0.15) is 0 Å². The summed E-state index contributed by atoms with van der Waals surface area (Å²) in [6.45, 7) is 0. The average molecular weight is 334 g/mol. The first-order valence-corrected chi connectivity index (χ1v) is 8.30. The SMILES string of the molecule is CN1C(=O)c2ccc(C(=O)N(C)[C@H]3CCc4ccccc43)cc2C1=O. The van der Waals surface area contributed by atoms with Crippen LogP contribution in [0.15, 0.2) is 42.5 Å². The van der Waals surface area contributed by atoms with E-state index in [0.29, 0.717) is 16.7 Å². The van der Waals surface area contributed by atoms with E-state index in [0.717, 1.165) is 17.7 Å². The van der Waals surface area contributed by atoms with Crippen molar-refractivity contribution in [2.75, 3.05) is 14.1 Å². The molecule has 4 rings (SSSR count). The molecular formula is C20H18N2O3. The minimum absolute atomic E-state index is 0.0389. The summed E-state index contributed by atoms with van der Waals surface area (Å²) in [7, 11) is 3.25. The van der Waals surface area contributed by atoms with Gasteiger partial charge in [-0.25, -0.2) is 0 Å². The summed E-state index contributed by atoms with van der Waals surface area (Å²) >= 11 is 0. The van der Waals surface area contributed by atoms with Gasteiger partial charge >= 0.3 is 0 Å². The van der Waals surface area contributed by atoms with E-state index in [9.17, 15) is 14.4 Å². The van der Waals surface area contributed by atoms with Gasteiger partial charge in [0, 0.05) is 19.7 Å². The maximum absolute atomic E-state index is 12.9.